The van der Waals surface area contributed by atoms with Gasteiger partial charge in [-0.25, -0.2) is 12.7 Å². The Kier molecular flexibility index (Phi) is 4.19. The Bertz CT molecular complexity index is 738. The molecule has 0 radical (unpaired) electrons. The first-order valence-electron chi connectivity index (χ1n) is 6.37. The van der Waals surface area contributed by atoms with Gasteiger partial charge in [-0.15, -0.1) is 0 Å². The highest BCUT2D eigenvalue weighted by Crippen LogP contribution is 2.33. The minimum absolute atomic E-state index is 0.0212. The Morgan fingerprint density at radius 3 is 2.67 bits per heavy atom. The summed E-state index contributed by atoms with van der Waals surface area (Å²) in [5.74, 6) is 0.788. The number of ether oxygens (including phenoxy) is 1. The largest absolute Gasteiger partial charge is 0.452 e. The Morgan fingerprint density at radius 1 is 1.38 bits per heavy atom. The summed E-state index contributed by atoms with van der Waals surface area (Å²) in [6.07, 6.45) is 3.27. The van der Waals surface area contributed by atoms with Gasteiger partial charge in [-0.3, -0.25) is 4.68 Å². The van der Waals surface area contributed by atoms with E-state index in [-0.39, 0.29) is 16.3 Å². The highest BCUT2D eigenvalue weighted by molar-refractivity contribution is 7.89. The predicted octanol–water partition coefficient (Wildman–Crippen LogP) is 1.53. The highest BCUT2D eigenvalue weighted by Gasteiger charge is 2.22. The number of hydrogen-bond donors (Lipinski definition) is 1. The molecule has 0 unspecified atom stereocenters. The molecule has 0 saturated heterocycles. The van der Waals surface area contributed by atoms with Crippen LogP contribution in [0.1, 0.15) is 6.92 Å². The first-order valence-corrected chi connectivity index (χ1v) is 7.81. The number of hydrogen-bond acceptors (Lipinski definition) is 5. The van der Waals surface area contributed by atoms with E-state index in [0.717, 1.165) is 4.31 Å². The standard InChI is InChI=1S/C13H18N4O3S/c1-4-17-9-10(8-15-17)20-11-6-5-7-12(13(11)14)21(18,19)16(2)3/h5-9H,4,14H2,1-3H3. The van der Waals surface area contributed by atoms with Crippen LogP contribution in [0.4, 0.5) is 5.69 Å². The van der Waals surface area contributed by atoms with Crippen LogP contribution in [0.25, 0.3) is 0 Å². The van der Waals surface area contributed by atoms with Gasteiger partial charge in [0, 0.05) is 20.6 Å². The number of nitrogens with zero attached hydrogens (tertiary/aromatic N) is 3. The zero-order valence-corrected chi connectivity index (χ0v) is 13.0. The Morgan fingerprint density at radius 2 is 2.10 bits per heavy atom. The molecular weight excluding hydrogens is 292 g/mol. The summed E-state index contributed by atoms with van der Waals surface area (Å²) >= 11 is 0. The predicted molar refractivity (Wildman–Crippen MR) is 79.7 cm³/mol. The van der Waals surface area contributed by atoms with Crippen LogP contribution in [0.2, 0.25) is 0 Å². The van der Waals surface area contributed by atoms with Crippen molar-refractivity contribution >= 4 is 15.7 Å². The summed E-state index contributed by atoms with van der Waals surface area (Å²) in [5.41, 5.74) is 6.02. The van der Waals surface area contributed by atoms with Gasteiger partial charge in [0.05, 0.1) is 18.1 Å². The molecule has 2 rings (SSSR count). The van der Waals surface area contributed by atoms with Gasteiger partial charge >= 0.3 is 0 Å². The number of aryl methyl sites for hydroxylation is 1. The van der Waals surface area contributed by atoms with Crippen LogP contribution in [0.5, 0.6) is 11.5 Å². The fourth-order valence-corrected chi connectivity index (χ4v) is 2.75. The van der Waals surface area contributed by atoms with E-state index in [4.69, 9.17) is 10.5 Å². The van der Waals surface area contributed by atoms with Crippen LogP contribution in [0.15, 0.2) is 35.5 Å². The Labute approximate surface area is 124 Å². The third-order valence-electron chi connectivity index (χ3n) is 2.95. The van der Waals surface area contributed by atoms with E-state index >= 15 is 0 Å². The van der Waals surface area contributed by atoms with Crippen molar-refractivity contribution in [1.29, 1.82) is 0 Å². The Hall–Kier alpha value is -2.06. The van der Waals surface area contributed by atoms with Crippen molar-refractivity contribution in [1.82, 2.24) is 14.1 Å². The maximum atomic E-state index is 12.2. The van der Waals surface area contributed by atoms with Gasteiger partial charge in [0.15, 0.2) is 11.5 Å². The molecule has 2 N–H and O–H groups in total. The van der Waals surface area contributed by atoms with Crippen molar-refractivity contribution in [3.63, 3.8) is 0 Å². The number of nitrogen functional groups attached to an aromatic ring is 1. The molecule has 0 bridgehead atoms. The molecule has 0 spiro atoms. The molecule has 0 aliphatic rings. The number of para-hydroxylation sites is 1. The molecule has 8 heteroatoms. The van der Waals surface area contributed by atoms with E-state index in [1.54, 1.807) is 29.2 Å². The maximum Gasteiger partial charge on any atom is 0.244 e. The van der Waals surface area contributed by atoms with Gasteiger partial charge in [0.1, 0.15) is 4.90 Å². The lowest BCUT2D eigenvalue weighted by Gasteiger charge is -2.15. The summed E-state index contributed by atoms with van der Waals surface area (Å²) in [6.45, 7) is 2.67. The van der Waals surface area contributed by atoms with Crippen molar-refractivity contribution in [3.8, 4) is 11.5 Å². The number of aromatic nitrogens is 2. The summed E-state index contributed by atoms with van der Waals surface area (Å²) in [7, 11) is -0.710. The minimum Gasteiger partial charge on any atom is -0.452 e. The first kappa shape index (κ1) is 15.3. The molecular formula is C13H18N4O3S. The second-order valence-corrected chi connectivity index (χ2v) is 6.71. The second kappa shape index (κ2) is 5.74. The van der Waals surface area contributed by atoms with Gasteiger partial charge in [-0.1, -0.05) is 6.07 Å². The molecule has 0 atom stereocenters. The maximum absolute atomic E-state index is 12.2. The summed E-state index contributed by atoms with van der Waals surface area (Å²) in [5, 5.41) is 4.08. The lowest BCUT2D eigenvalue weighted by Crippen LogP contribution is -2.23. The van der Waals surface area contributed by atoms with Crippen molar-refractivity contribution < 1.29 is 13.2 Å². The van der Waals surface area contributed by atoms with Crippen molar-refractivity contribution in [2.75, 3.05) is 19.8 Å². The van der Waals surface area contributed by atoms with Crippen LogP contribution >= 0.6 is 0 Å². The van der Waals surface area contributed by atoms with Gasteiger partial charge in [-0.05, 0) is 19.1 Å². The van der Waals surface area contributed by atoms with Crippen LogP contribution in [0.3, 0.4) is 0 Å². The summed E-state index contributed by atoms with van der Waals surface area (Å²) in [6, 6.07) is 4.66. The first-order chi connectivity index (χ1) is 9.86. The van der Waals surface area contributed by atoms with Crippen molar-refractivity contribution in [2.45, 2.75) is 18.4 Å². The van der Waals surface area contributed by atoms with E-state index < -0.39 is 10.0 Å². The van der Waals surface area contributed by atoms with E-state index in [0.29, 0.717) is 12.3 Å². The average Bonchev–Trinajstić information content (AvgIpc) is 2.88. The second-order valence-electron chi connectivity index (χ2n) is 4.59. The lowest BCUT2D eigenvalue weighted by atomic mass is 10.3. The summed E-state index contributed by atoms with van der Waals surface area (Å²) in [4.78, 5) is 0.0212. The molecule has 1 aromatic carbocycles. The van der Waals surface area contributed by atoms with E-state index in [1.807, 2.05) is 6.92 Å². The van der Waals surface area contributed by atoms with Crippen LogP contribution < -0.4 is 10.5 Å². The number of nitrogens with two attached hydrogens (primary N) is 1. The zero-order chi connectivity index (χ0) is 15.6. The normalized spacial score (nSPS) is 11.8. The lowest BCUT2D eigenvalue weighted by molar-refractivity contribution is 0.480. The van der Waals surface area contributed by atoms with Crippen molar-refractivity contribution in [3.05, 3.63) is 30.6 Å². The molecule has 0 aliphatic carbocycles. The van der Waals surface area contributed by atoms with Gasteiger partial charge in [-0.2, -0.15) is 5.10 Å². The van der Waals surface area contributed by atoms with Gasteiger partial charge in [0.2, 0.25) is 10.0 Å². The van der Waals surface area contributed by atoms with Crippen LogP contribution in [-0.2, 0) is 16.6 Å². The van der Waals surface area contributed by atoms with E-state index in [9.17, 15) is 8.42 Å². The molecule has 2 aromatic rings. The molecule has 0 aliphatic heterocycles. The number of benzene rings is 1. The number of anilines is 1. The molecule has 114 valence electrons. The molecule has 1 heterocycles. The quantitative estimate of drug-likeness (QED) is 0.846. The van der Waals surface area contributed by atoms with E-state index in [1.165, 1.54) is 20.2 Å². The molecule has 0 amide bonds. The zero-order valence-electron chi connectivity index (χ0n) is 12.1. The summed E-state index contributed by atoms with van der Waals surface area (Å²) < 4.78 is 32.8. The third-order valence-corrected chi connectivity index (χ3v) is 4.82. The highest BCUT2D eigenvalue weighted by atomic mass is 32.2. The topological polar surface area (TPSA) is 90.5 Å². The fraction of sp³-hybridized carbons (Fsp3) is 0.308. The van der Waals surface area contributed by atoms with Crippen molar-refractivity contribution in [2.24, 2.45) is 0 Å². The molecule has 1 aromatic heterocycles. The molecule has 0 saturated carbocycles. The molecule has 21 heavy (non-hydrogen) atoms. The number of rotatable bonds is 5. The van der Waals surface area contributed by atoms with E-state index in [2.05, 4.69) is 5.10 Å². The monoisotopic (exact) mass is 310 g/mol. The Balaban J connectivity index is 2.38. The molecule has 7 nitrogen and oxygen atoms in total. The van der Waals surface area contributed by atoms with Crippen LogP contribution in [0, 0.1) is 0 Å². The van der Waals surface area contributed by atoms with Crippen LogP contribution in [-0.4, -0.2) is 36.6 Å². The number of sulfonamides is 1. The van der Waals surface area contributed by atoms with Gasteiger partial charge in [0.25, 0.3) is 0 Å². The van der Waals surface area contributed by atoms with Gasteiger partial charge < -0.3 is 10.5 Å². The smallest absolute Gasteiger partial charge is 0.244 e. The molecule has 0 fully saturated rings. The SMILES string of the molecule is CCn1cc(Oc2cccc(S(=O)(=O)N(C)C)c2N)cn1. The average molecular weight is 310 g/mol. The fourth-order valence-electron chi connectivity index (χ4n) is 1.73. The minimum atomic E-state index is -3.61. The third kappa shape index (κ3) is 3.01.